The number of methoxy groups -OCH3 is 1. The normalized spacial score (nSPS) is 9.85. The molecule has 1 aromatic rings. The Morgan fingerprint density at radius 3 is 2.54 bits per heavy atom. The molecule has 1 rings (SSSR count). The van der Waals surface area contributed by atoms with Gasteiger partial charge in [0.2, 0.25) is 0 Å². The van der Waals surface area contributed by atoms with Crippen molar-refractivity contribution in [1.82, 2.24) is 0 Å². The Balaban J connectivity index is 3.05. The number of hydrogen-bond donors (Lipinski definition) is 1. The Hall–Kier alpha value is -0.890. The molecule has 0 heterocycles. The molecule has 0 saturated heterocycles. The quantitative estimate of drug-likeness (QED) is 0.597. The van der Waals surface area contributed by atoms with Gasteiger partial charge in [0.15, 0.2) is 0 Å². The summed E-state index contributed by atoms with van der Waals surface area (Å²) in [7, 11) is 1.68. The second-order valence-corrected chi connectivity index (χ2v) is 3.21. The van der Waals surface area contributed by atoms with E-state index < -0.39 is 0 Å². The maximum absolute atomic E-state index is 5.59. The Bertz CT molecular complexity index is 299. The number of anilines is 1. The number of alkyl halides is 1. The van der Waals surface area contributed by atoms with Gasteiger partial charge in [0.25, 0.3) is 0 Å². The van der Waals surface area contributed by atoms with Gasteiger partial charge in [-0.1, -0.05) is 0 Å². The van der Waals surface area contributed by atoms with Crippen LogP contribution in [0.5, 0.6) is 5.75 Å². The van der Waals surface area contributed by atoms with Crippen molar-refractivity contribution in [2.24, 2.45) is 0 Å². The lowest BCUT2D eigenvalue weighted by molar-refractivity contribution is 0.411. The summed E-state index contributed by atoms with van der Waals surface area (Å²) in [5, 5.41) is 3.08. The molecule has 0 fully saturated rings. The molecular weight excluding hydrogens is 186 g/mol. The summed E-state index contributed by atoms with van der Waals surface area (Å²) in [6.45, 7) is 4.04. The zero-order valence-corrected chi connectivity index (χ0v) is 8.90. The Kier molecular flexibility index (Phi) is 3.43. The number of halogens is 1. The van der Waals surface area contributed by atoms with Gasteiger partial charge in [-0.05, 0) is 37.1 Å². The lowest BCUT2D eigenvalue weighted by Gasteiger charge is -2.11. The highest BCUT2D eigenvalue weighted by atomic mass is 35.5. The van der Waals surface area contributed by atoms with Crippen molar-refractivity contribution in [1.29, 1.82) is 0 Å². The average Bonchev–Trinajstić information content (AvgIpc) is 2.11. The Morgan fingerprint density at radius 1 is 1.31 bits per heavy atom. The maximum atomic E-state index is 5.59. The van der Waals surface area contributed by atoms with Gasteiger partial charge in [0.05, 0.1) is 13.1 Å². The van der Waals surface area contributed by atoms with Gasteiger partial charge in [-0.15, -0.1) is 11.6 Å². The zero-order valence-electron chi connectivity index (χ0n) is 8.15. The van der Waals surface area contributed by atoms with Gasteiger partial charge in [-0.3, -0.25) is 0 Å². The minimum Gasteiger partial charge on any atom is -0.496 e. The van der Waals surface area contributed by atoms with Crippen LogP contribution in [0.4, 0.5) is 5.69 Å². The number of benzene rings is 1. The SMILES string of the molecule is COc1cc(C)c(NCCl)cc1C. The van der Waals surface area contributed by atoms with Crippen LogP contribution in [0.25, 0.3) is 0 Å². The second-order valence-electron chi connectivity index (χ2n) is 2.95. The van der Waals surface area contributed by atoms with E-state index in [0.717, 1.165) is 22.6 Å². The number of rotatable bonds is 3. The maximum Gasteiger partial charge on any atom is 0.122 e. The van der Waals surface area contributed by atoms with Crippen LogP contribution in [0.2, 0.25) is 0 Å². The van der Waals surface area contributed by atoms with Crippen LogP contribution >= 0.6 is 11.6 Å². The van der Waals surface area contributed by atoms with Gasteiger partial charge >= 0.3 is 0 Å². The summed E-state index contributed by atoms with van der Waals surface area (Å²) in [6.07, 6.45) is 0. The van der Waals surface area contributed by atoms with Gasteiger partial charge in [0, 0.05) is 5.69 Å². The molecule has 0 aliphatic carbocycles. The van der Waals surface area contributed by atoms with Gasteiger partial charge < -0.3 is 10.1 Å². The van der Waals surface area contributed by atoms with Crippen LogP contribution < -0.4 is 10.1 Å². The van der Waals surface area contributed by atoms with E-state index in [-0.39, 0.29) is 0 Å². The van der Waals surface area contributed by atoms with Crippen LogP contribution in [0.3, 0.4) is 0 Å². The van der Waals surface area contributed by atoms with Crippen LogP contribution in [-0.4, -0.2) is 13.1 Å². The monoisotopic (exact) mass is 199 g/mol. The van der Waals surface area contributed by atoms with E-state index in [4.69, 9.17) is 16.3 Å². The predicted octanol–water partition coefficient (Wildman–Crippen LogP) is 2.92. The number of hydrogen-bond acceptors (Lipinski definition) is 2. The molecule has 3 heteroatoms. The van der Waals surface area contributed by atoms with Gasteiger partial charge in [-0.25, -0.2) is 0 Å². The lowest BCUT2D eigenvalue weighted by atomic mass is 10.1. The van der Waals surface area contributed by atoms with Gasteiger partial charge in [0.1, 0.15) is 5.75 Å². The van der Waals surface area contributed by atoms with Gasteiger partial charge in [-0.2, -0.15) is 0 Å². The highest BCUT2D eigenvalue weighted by Gasteiger charge is 2.03. The third-order valence-electron chi connectivity index (χ3n) is 2.00. The molecule has 0 aromatic heterocycles. The molecule has 0 unspecified atom stereocenters. The average molecular weight is 200 g/mol. The molecule has 72 valence electrons. The number of ether oxygens (including phenoxy) is 1. The lowest BCUT2D eigenvalue weighted by Crippen LogP contribution is -1.98. The van der Waals surface area contributed by atoms with E-state index in [1.807, 2.05) is 26.0 Å². The van der Waals surface area contributed by atoms with Crippen LogP contribution in [0.1, 0.15) is 11.1 Å². The molecule has 0 saturated carbocycles. The van der Waals surface area contributed by atoms with E-state index in [2.05, 4.69) is 5.32 Å². The number of aryl methyl sites for hydroxylation is 2. The summed E-state index contributed by atoms with van der Waals surface area (Å²) in [6, 6.07) is 4.47. The highest BCUT2D eigenvalue weighted by molar-refractivity contribution is 6.18. The summed E-state index contributed by atoms with van der Waals surface area (Å²) < 4.78 is 5.20. The minimum atomic E-state index is 0.423. The summed E-state index contributed by atoms with van der Waals surface area (Å²) in [4.78, 5) is 0. The first-order valence-electron chi connectivity index (χ1n) is 4.14. The molecule has 0 aliphatic heterocycles. The van der Waals surface area contributed by atoms with E-state index in [0.29, 0.717) is 6.00 Å². The molecule has 0 spiro atoms. The fraction of sp³-hybridized carbons (Fsp3) is 0.400. The summed E-state index contributed by atoms with van der Waals surface area (Å²) in [5.41, 5.74) is 3.32. The first-order chi connectivity index (χ1) is 6.19. The topological polar surface area (TPSA) is 21.3 Å². The molecule has 0 radical (unpaired) electrons. The molecule has 0 bridgehead atoms. The standard InChI is InChI=1S/C10H14ClNO/c1-7-5-10(13-3)8(2)4-9(7)12-6-11/h4-5,12H,6H2,1-3H3. The van der Waals surface area contributed by atoms with E-state index in [1.165, 1.54) is 0 Å². The van der Waals surface area contributed by atoms with E-state index in [9.17, 15) is 0 Å². The first kappa shape index (κ1) is 10.2. The third kappa shape index (κ3) is 2.28. The van der Waals surface area contributed by atoms with Crippen molar-refractivity contribution < 1.29 is 4.74 Å². The number of nitrogens with one attached hydrogen (secondary N) is 1. The second kappa shape index (κ2) is 4.38. The summed E-state index contributed by atoms with van der Waals surface area (Å²) in [5.74, 6) is 0.914. The Morgan fingerprint density at radius 2 is 2.00 bits per heavy atom. The third-order valence-corrected chi connectivity index (χ3v) is 2.13. The zero-order chi connectivity index (χ0) is 9.84. The van der Waals surface area contributed by atoms with Crippen LogP contribution in [0, 0.1) is 13.8 Å². The predicted molar refractivity (Wildman–Crippen MR) is 56.8 cm³/mol. The molecule has 0 atom stereocenters. The van der Waals surface area contributed by atoms with Crippen molar-refractivity contribution >= 4 is 17.3 Å². The molecule has 1 aromatic carbocycles. The van der Waals surface area contributed by atoms with Crippen molar-refractivity contribution in [3.05, 3.63) is 23.3 Å². The molecule has 0 amide bonds. The molecule has 2 nitrogen and oxygen atoms in total. The largest absolute Gasteiger partial charge is 0.496 e. The van der Waals surface area contributed by atoms with E-state index in [1.54, 1.807) is 7.11 Å². The minimum absolute atomic E-state index is 0.423. The first-order valence-corrected chi connectivity index (χ1v) is 4.67. The molecular formula is C10H14ClNO. The van der Waals surface area contributed by atoms with E-state index >= 15 is 0 Å². The fourth-order valence-electron chi connectivity index (χ4n) is 1.27. The van der Waals surface area contributed by atoms with Crippen LogP contribution in [0.15, 0.2) is 12.1 Å². The van der Waals surface area contributed by atoms with Crippen molar-refractivity contribution in [3.63, 3.8) is 0 Å². The molecule has 0 aliphatic rings. The fourth-order valence-corrected chi connectivity index (χ4v) is 1.42. The smallest absolute Gasteiger partial charge is 0.122 e. The summed E-state index contributed by atoms with van der Waals surface area (Å²) >= 11 is 5.59. The molecule has 13 heavy (non-hydrogen) atoms. The van der Waals surface area contributed by atoms with Crippen molar-refractivity contribution in [3.8, 4) is 5.75 Å². The van der Waals surface area contributed by atoms with Crippen molar-refractivity contribution in [2.45, 2.75) is 13.8 Å². The van der Waals surface area contributed by atoms with Crippen LogP contribution in [-0.2, 0) is 0 Å². The highest BCUT2D eigenvalue weighted by Crippen LogP contribution is 2.25. The molecule has 1 N–H and O–H groups in total. The Labute approximate surface area is 83.9 Å². The van der Waals surface area contributed by atoms with Crippen molar-refractivity contribution in [2.75, 3.05) is 18.4 Å².